The Morgan fingerprint density at radius 3 is 2.55 bits per heavy atom. The summed E-state index contributed by atoms with van der Waals surface area (Å²) in [4.78, 5) is 16.8. The van der Waals surface area contributed by atoms with Gasteiger partial charge in [0.2, 0.25) is 5.91 Å². The van der Waals surface area contributed by atoms with Crippen LogP contribution in [0.3, 0.4) is 0 Å². The Kier molecular flexibility index (Phi) is 6.37. The minimum atomic E-state index is -0.325. The van der Waals surface area contributed by atoms with Gasteiger partial charge < -0.3 is 14.5 Å². The van der Waals surface area contributed by atoms with Crippen molar-refractivity contribution in [3.8, 4) is 17.1 Å². The summed E-state index contributed by atoms with van der Waals surface area (Å²) in [6.45, 7) is 6.19. The highest BCUT2D eigenvalue weighted by atomic mass is 16.5. The van der Waals surface area contributed by atoms with Crippen molar-refractivity contribution in [2.45, 2.75) is 45.6 Å². The molecule has 152 valence electrons. The van der Waals surface area contributed by atoms with Crippen molar-refractivity contribution < 1.29 is 13.9 Å². The second-order valence-electron chi connectivity index (χ2n) is 7.88. The highest BCUT2D eigenvalue weighted by Crippen LogP contribution is 2.23. The molecule has 1 heterocycles. The molecule has 0 radical (unpaired) electrons. The quantitative estimate of drug-likeness (QED) is 0.602. The number of carbonyl (C=O) groups is 1. The summed E-state index contributed by atoms with van der Waals surface area (Å²) >= 11 is 0. The Labute approximate surface area is 172 Å². The summed E-state index contributed by atoms with van der Waals surface area (Å²) in [5.74, 6) is 2.02. The first-order chi connectivity index (χ1) is 13.9. The summed E-state index contributed by atoms with van der Waals surface area (Å²) in [5.41, 5.74) is 3.08. The van der Waals surface area contributed by atoms with E-state index in [1.807, 2.05) is 50.2 Å². The highest BCUT2D eigenvalue weighted by molar-refractivity contribution is 5.77. The van der Waals surface area contributed by atoms with Crippen LogP contribution in [0.25, 0.3) is 11.3 Å². The molecule has 3 rings (SSSR count). The molecule has 2 aromatic carbocycles. The zero-order chi connectivity index (χ0) is 20.9. The van der Waals surface area contributed by atoms with Crippen molar-refractivity contribution in [2.75, 3.05) is 7.11 Å². The van der Waals surface area contributed by atoms with Crippen molar-refractivity contribution in [1.82, 2.24) is 10.3 Å². The molecule has 0 atom stereocenters. The molecule has 0 unspecified atom stereocenters. The fourth-order valence-corrected chi connectivity index (χ4v) is 3.30. The number of methoxy groups -OCH3 is 1. The lowest BCUT2D eigenvalue weighted by molar-refractivity contribution is -0.122. The van der Waals surface area contributed by atoms with E-state index in [0.717, 1.165) is 17.7 Å². The van der Waals surface area contributed by atoms with Gasteiger partial charge in [-0.25, -0.2) is 4.98 Å². The first-order valence-corrected chi connectivity index (χ1v) is 9.81. The summed E-state index contributed by atoms with van der Waals surface area (Å²) in [7, 11) is 1.63. The molecule has 0 aliphatic rings. The van der Waals surface area contributed by atoms with Gasteiger partial charge in [-0.05, 0) is 62.6 Å². The van der Waals surface area contributed by atoms with Gasteiger partial charge in [-0.1, -0.05) is 24.3 Å². The molecule has 0 bridgehead atoms. The van der Waals surface area contributed by atoms with Crippen LogP contribution in [0, 0.1) is 6.92 Å². The van der Waals surface area contributed by atoms with Crippen molar-refractivity contribution >= 4 is 5.91 Å². The SMILES string of the molecule is COc1ccc(-c2cnc(CCC(=O)NC(C)(C)Cc3ccccc3C)o2)cc1. The smallest absolute Gasteiger partial charge is 0.220 e. The summed E-state index contributed by atoms with van der Waals surface area (Å²) in [6.07, 6.45) is 3.27. The van der Waals surface area contributed by atoms with E-state index >= 15 is 0 Å². The number of nitrogens with one attached hydrogen (secondary N) is 1. The van der Waals surface area contributed by atoms with Crippen molar-refractivity contribution in [3.05, 3.63) is 71.7 Å². The Hall–Kier alpha value is -3.08. The van der Waals surface area contributed by atoms with Crippen LogP contribution in [0.4, 0.5) is 0 Å². The number of hydrogen-bond donors (Lipinski definition) is 1. The number of aromatic nitrogens is 1. The molecular formula is C24H28N2O3. The number of rotatable bonds is 8. The van der Waals surface area contributed by atoms with E-state index in [-0.39, 0.29) is 11.4 Å². The van der Waals surface area contributed by atoms with Crippen LogP contribution < -0.4 is 10.1 Å². The number of nitrogens with zero attached hydrogens (tertiary/aromatic N) is 1. The number of ether oxygens (including phenoxy) is 1. The van der Waals surface area contributed by atoms with E-state index < -0.39 is 0 Å². The maximum Gasteiger partial charge on any atom is 0.220 e. The third-order valence-electron chi connectivity index (χ3n) is 4.87. The molecule has 5 heteroatoms. The van der Waals surface area contributed by atoms with Gasteiger partial charge in [-0.2, -0.15) is 0 Å². The van der Waals surface area contributed by atoms with Crippen LogP contribution >= 0.6 is 0 Å². The standard InChI is InChI=1S/C24H28N2O3/c1-17-7-5-6-8-19(17)15-24(2,3)26-22(27)13-14-23-25-16-21(29-23)18-9-11-20(28-4)12-10-18/h5-12,16H,13-15H2,1-4H3,(H,26,27). The van der Waals surface area contributed by atoms with Gasteiger partial charge in [0.15, 0.2) is 11.7 Å². The maximum absolute atomic E-state index is 12.5. The van der Waals surface area contributed by atoms with Crippen LogP contribution in [0.5, 0.6) is 5.75 Å². The summed E-state index contributed by atoms with van der Waals surface area (Å²) in [6, 6.07) is 15.9. The van der Waals surface area contributed by atoms with Gasteiger partial charge in [0.25, 0.3) is 0 Å². The highest BCUT2D eigenvalue weighted by Gasteiger charge is 2.22. The Morgan fingerprint density at radius 1 is 1.14 bits per heavy atom. The van der Waals surface area contributed by atoms with Gasteiger partial charge in [0.1, 0.15) is 5.75 Å². The summed E-state index contributed by atoms with van der Waals surface area (Å²) < 4.78 is 11.0. The van der Waals surface area contributed by atoms with Crippen LogP contribution in [0.1, 0.15) is 37.3 Å². The molecule has 1 aromatic heterocycles. The van der Waals surface area contributed by atoms with Crippen molar-refractivity contribution in [2.24, 2.45) is 0 Å². The molecule has 0 saturated heterocycles. The molecule has 3 aromatic rings. The van der Waals surface area contributed by atoms with E-state index in [0.29, 0.717) is 24.5 Å². The van der Waals surface area contributed by atoms with Gasteiger partial charge in [0.05, 0.1) is 13.3 Å². The van der Waals surface area contributed by atoms with Gasteiger partial charge in [-0.15, -0.1) is 0 Å². The number of oxazole rings is 1. The molecule has 1 amide bonds. The lowest BCUT2D eigenvalue weighted by atomic mass is 9.92. The monoisotopic (exact) mass is 392 g/mol. The molecule has 0 aliphatic heterocycles. The van der Waals surface area contributed by atoms with E-state index in [2.05, 4.69) is 29.4 Å². The third kappa shape index (κ3) is 5.70. The Morgan fingerprint density at radius 2 is 1.86 bits per heavy atom. The van der Waals surface area contributed by atoms with Gasteiger partial charge in [-0.3, -0.25) is 4.79 Å². The largest absolute Gasteiger partial charge is 0.497 e. The second-order valence-corrected chi connectivity index (χ2v) is 7.88. The fraction of sp³-hybridized carbons (Fsp3) is 0.333. The number of hydrogen-bond acceptors (Lipinski definition) is 4. The Bertz CT molecular complexity index is 958. The molecule has 0 saturated carbocycles. The molecule has 29 heavy (non-hydrogen) atoms. The normalized spacial score (nSPS) is 11.3. The fourth-order valence-electron chi connectivity index (χ4n) is 3.30. The topological polar surface area (TPSA) is 64.4 Å². The zero-order valence-corrected chi connectivity index (χ0v) is 17.5. The van der Waals surface area contributed by atoms with Crippen LogP contribution in [0.2, 0.25) is 0 Å². The Balaban J connectivity index is 1.54. The lowest BCUT2D eigenvalue weighted by Gasteiger charge is -2.27. The van der Waals surface area contributed by atoms with Crippen LogP contribution in [0.15, 0.2) is 59.1 Å². The summed E-state index contributed by atoms with van der Waals surface area (Å²) in [5, 5.41) is 3.13. The first-order valence-electron chi connectivity index (χ1n) is 9.81. The first kappa shape index (κ1) is 20.6. The number of carbonyl (C=O) groups excluding carboxylic acids is 1. The van der Waals surface area contributed by atoms with Crippen LogP contribution in [-0.4, -0.2) is 23.5 Å². The third-order valence-corrected chi connectivity index (χ3v) is 4.87. The average molecular weight is 392 g/mol. The molecule has 0 aliphatic carbocycles. The molecule has 0 spiro atoms. The molecule has 5 nitrogen and oxygen atoms in total. The number of amides is 1. The lowest BCUT2D eigenvalue weighted by Crippen LogP contribution is -2.45. The predicted molar refractivity (Wildman–Crippen MR) is 114 cm³/mol. The maximum atomic E-state index is 12.5. The number of benzene rings is 2. The van der Waals surface area contributed by atoms with E-state index in [9.17, 15) is 4.79 Å². The molecular weight excluding hydrogens is 364 g/mol. The van der Waals surface area contributed by atoms with Gasteiger partial charge >= 0.3 is 0 Å². The van der Waals surface area contributed by atoms with Crippen molar-refractivity contribution in [1.29, 1.82) is 0 Å². The molecule has 1 N–H and O–H groups in total. The minimum Gasteiger partial charge on any atom is -0.497 e. The van der Waals surface area contributed by atoms with E-state index in [1.54, 1.807) is 13.3 Å². The van der Waals surface area contributed by atoms with Crippen molar-refractivity contribution in [3.63, 3.8) is 0 Å². The second kappa shape index (κ2) is 8.95. The van der Waals surface area contributed by atoms with Gasteiger partial charge in [0, 0.05) is 23.9 Å². The molecule has 0 fully saturated rings. The minimum absolute atomic E-state index is 0.00668. The van der Waals surface area contributed by atoms with E-state index in [4.69, 9.17) is 9.15 Å². The predicted octanol–water partition coefficient (Wildman–Crippen LogP) is 4.73. The average Bonchev–Trinajstić information content (AvgIpc) is 3.17. The van der Waals surface area contributed by atoms with E-state index in [1.165, 1.54) is 11.1 Å². The van der Waals surface area contributed by atoms with Crippen LogP contribution in [-0.2, 0) is 17.6 Å². The zero-order valence-electron chi connectivity index (χ0n) is 17.5. The number of aryl methyl sites for hydroxylation is 2.